The largest absolute Gasteiger partial charge is 0.368 e. The van der Waals surface area contributed by atoms with Crippen LogP contribution in [-0.2, 0) is 4.79 Å². The van der Waals surface area contributed by atoms with E-state index in [9.17, 15) is 4.79 Å². The number of nitrogens with zero attached hydrogens (tertiary/aromatic N) is 1. The highest BCUT2D eigenvalue weighted by Crippen LogP contribution is 1.94. The van der Waals surface area contributed by atoms with Crippen molar-refractivity contribution in [3.05, 3.63) is 0 Å². The van der Waals surface area contributed by atoms with Crippen molar-refractivity contribution < 1.29 is 4.79 Å². The number of carbonyl (C=O) groups excluding carboxylic acids is 1. The maximum atomic E-state index is 10.7. The molecule has 0 radical (unpaired) electrons. The van der Waals surface area contributed by atoms with E-state index in [1.807, 2.05) is 25.9 Å². The summed E-state index contributed by atoms with van der Waals surface area (Å²) in [6.45, 7) is 3.68. The first kappa shape index (κ1) is 11.4. The van der Waals surface area contributed by atoms with Gasteiger partial charge in [0.15, 0.2) is 0 Å². The zero-order chi connectivity index (χ0) is 9.56. The summed E-state index contributed by atoms with van der Waals surface area (Å²) < 4.78 is 0. The van der Waals surface area contributed by atoms with Crippen LogP contribution < -0.4 is 11.1 Å². The molecule has 0 aromatic carbocycles. The molecule has 1 unspecified atom stereocenters. The second-order valence-electron chi connectivity index (χ2n) is 3.02. The summed E-state index contributed by atoms with van der Waals surface area (Å²) in [4.78, 5) is 12.7. The molecule has 0 aliphatic carbocycles. The van der Waals surface area contributed by atoms with Crippen LogP contribution in [0, 0.1) is 0 Å². The fourth-order valence-corrected chi connectivity index (χ4v) is 0.916. The minimum atomic E-state index is -0.262. The normalized spacial score (nSPS) is 13.3. The van der Waals surface area contributed by atoms with Crippen molar-refractivity contribution in [2.24, 2.45) is 5.73 Å². The van der Waals surface area contributed by atoms with E-state index in [0.717, 1.165) is 19.5 Å². The molecule has 4 heteroatoms. The standard InChI is InChI=1S/C8H19N3O/c1-7(8(9)12)11(3)6-4-5-10-2/h7,10H,4-6H2,1-3H3,(H2,9,12). The van der Waals surface area contributed by atoms with Crippen molar-refractivity contribution in [2.45, 2.75) is 19.4 Å². The molecule has 0 aliphatic heterocycles. The number of amides is 1. The molecule has 1 amide bonds. The molecule has 0 rings (SSSR count). The van der Waals surface area contributed by atoms with Gasteiger partial charge in [0.25, 0.3) is 0 Å². The zero-order valence-electron chi connectivity index (χ0n) is 8.13. The Morgan fingerprint density at radius 1 is 1.67 bits per heavy atom. The van der Waals surface area contributed by atoms with Gasteiger partial charge in [0.1, 0.15) is 0 Å². The molecule has 0 aromatic heterocycles. The van der Waals surface area contributed by atoms with Gasteiger partial charge in [-0.2, -0.15) is 0 Å². The van der Waals surface area contributed by atoms with Crippen LogP contribution in [0.1, 0.15) is 13.3 Å². The van der Waals surface area contributed by atoms with Crippen molar-refractivity contribution in [1.82, 2.24) is 10.2 Å². The van der Waals surface area contributed by atoms with Crippen LogP contribution in [0.3, 0.4) is 0 Å². The highest BCUT2D eigenvalue weighted by Gasteiger charge is 2.13. The van der Waals surface area contributed by atoms with Gasteiger partial charge in [-0.3, -0.25) is 9.69 Å². The van der Waals surface area contributed by atoms with Crippen LogP contribution in [0.5, 0.6) is 0 Å². The first-order valence-corrected chi connectivity index (χ1v) is 4.23. The molecule has 1 atom stereocenters. The lowest BCUT2D eigenvalue weighted by atomic mass is 10.2. The molecule has 0 fully saturated rings. The van der Waals surface area contributed by atoms with E-state index in [0.29, 0.717) is 0 Å². The Morgan fingerprint density at radius 2 is 2.25 bits per heavy atom. The summed E-state index contributed by atoms with van der Waals surface area (Å²) in [6, 6.07) is -0.165. The van der Waals surface area contributed by atoms with Gasteiger partial charge in [0, 0.05) is 0 Å². The average molecular weight is 173 g/mol. The Labute approximate surface area is 74.1 Å². The molecule has 0 saturated carbocycles. The fourth-order valence-electron chi connectivity index (χ4n) is 0.916. The quantitative estimate of drug-likeness (QED) is 0.527. The van der Waals surface area contributed by atoms with Crippen molar-refractivity contribution in [2.75, 3.05) is 27.2 Å². The summed E-state index contributed by atoms with van der Waals surface area (Å²) in [5.74, 6) is -0.262. The minimum Gasteiger partial charge on any atom is -0.368 e. The molecular weight excluding hydrogens is 154 g/mol. The van der Waals surface area contributed by atoms with E-state index in [-0.39, 0.29) is 11.9 Å². The van der Waals surface area contributed by atoms with Crippen LogP contribution in [0.2, 0.25) is 0 Å². The molecule has 3 N–H and O–H groups in total. The predicted molar refractivity (Wildman–Crippen MR) is 49.8 cm³/mol. The van der Waals surface area contributed by atoms with E-state index < -0.39 is 0 Å². The summed E-state index contributed by atoms with van der Waals surface area (Å²) in [5.41, 5.74) is 5.14. The van der Waals surface area contributed by atoms with Gasteiger partial charge in [0.05, 0.1) is 6.04 Å². The Kier molecular flexibility index (Phi) is 5.66. The second kappa shape index (κ2) is 5.97. The molecule has 0 aliphatic rings. The lowest BCUT2D eigenvalue weighted by molar-refractivity contribution is -0.122. The third kappa shape index (κ3) is 4.31. The number of carbonyl (C=O) groups is 1. The maximum Gasteiger partial charge on any atom is 0.234 e. The predicted octanol–water partition coefficient (Wildman–Crippen LogP) is -0.598. The van der Waals surface area contributed by atoms with Gasteiger partial charge in [-0.05, 0) is 40.5 Å². The molecule has 0 heterocycles. The summed E-state index contributed by atoms with van der Waals surface area (Å²) >= 11 is 0. The molecule has 0 spiro atoms. The minimum absolute atomic E-state index is 0.165. The third-order valence-corrected chi connectivity index (χ3v) is 2.01. The van der Waals surface area contributed by atoms with E-state index in [1.165, 1.54) is 0 Å². The van der Waals surface area contributed by atoms with Crippen molar-refractivity contribution in [3.8, 4) is 0 Å². The maximum absolute atomic E-state index is 10.7. The highest BCUT2D eigenvalue weighted by atomic mass is 16.1. The van der Waals surface area contributed by atoms with E-state index in [2.05, 4.69) is 5.32 Å². The molecule has 4 nitrogen and oxygen atoms in total. The monoisotopic (exact) mass is 173 g/mol. The Balaban J connectivity index is 3.56. The van der Waals surface area contributed by atoms with Crippen LogP contribution in [0.15, 0.2) is 0 Å². The van der Waals surface area contributed by atoms with Crippen LogP contribution >= 0.6 is 0 Å². The summed E-state index contributed by atoms with van der Waals surface area (Å²) in [5, 5.41) is 3.05. The molecule has 0 saturated heterocycles. The SMILES string of the molecule is CNCCCN(C)C(C)C(N)=O. The first-order valence-electron chi connectivity index (χ1n) is 4.23. The topological polar surface area (TPSA) is 58.4 Å². The van der Waals surface area contributed by atoms with Crippen molar-refractivity contribution in [3.63, 3.8) is 0 Å². The number of primary amides is 1. The van der Waals surface area contributed by atoms with E-state index in [4.69, 9.17) is 5.73 Å². The number of nitrogens with two attached hydrogens (primary N) is 1. The number of hydrogen-bond acceptors (Lipinski definition) is 3. The summed E-state index contributed by atoms with van der Waals surface area (Å²) in [7, 11) is 3.82. The van der Waals surface area contributed by atoms with Crippen LogP contribution in [0.25, 0.3) is 0 Å². The second-order valence-corrected chi connectivity index (χ2v) is 3.02. The Hall–Kier alpha value is -0.610. The van der Waals surface area contributed by atoms with Gasteiger partial charge in [-0.15, -0.1) is 0 Å². The summed E-state index contributed by atoms with van der Waals surface area (Å²) in [6.07, 6.45) is 1.03. The highest BCUT2D eigenvalue weighted by molar-refractivity contribution is 5.79. The Bertz CT molecular complexity index is 138. The Morgan fingerprint density at radius 3 is 2.67 bits per heavy atom. The van der Waals surface area contributed by atoms with Gasteiger partial charge >= 0.3 is 0 Å². The first-order chi connectivity index (χ1) is 5.59. The fraction of sp³-hybridized carbons (Fsp3) is 0.875. The number of rotatable bonds is 6. The smallest absolute Gasteiger partial charge is 0.234 e. The number of nitrogens with one attached hydrogen (secondary N) is 1. The van der Waals surface area contributed by atoms with E-state index >= 15 is 0 Å². The number of likely N-dealkylation sites (N-methyl/N-ethyl adjacent to an activating group) is 1. The van der Waals surface area contributed by atoms with Gasteiger partial charge < -0.3 is 11.1 Å². The average Bonchev–Trinajstić information content (AvgIpc) is 2.03. The van der Waals surface area contributed by atoms with Crippen molar-refractivity contribution in [1.29, 1.82) is 0 Å². The van der Waals surface area contributed by atoms with Crippen LogP contribution in [0.4, 0.5) is 0 Å². The van der Waals surface area contributed by atoms with Gasteiger partial charge in [0.2, 0.25) is 5.91 Å². The van der Waals surface area contributed by atoms with Gasteiger partial charge in [-0.25, -0.2) is 0 Å². The molecular formula is C8H19N3O. The van der Waals surface area contributed by atoms with Gasteiger partial charge in [-0.1, -0.05) is 0 Å². The molecule has 0 bridgehead atoms. The molecule has 12 heavy (non-hydrogen) atoms. The number of hydrogen-bond donors (Lipinski definition) is 2. The van der Waals surface area contributed by atoms with E-state index in [1.54, 1.807) is 0 Å². The molecule has 72 valence electrons. The van der Waals surface area contributed by atoms with Crippen LogP contribution in [-0.4, -0.2) is 44.0 Å². The lowest BCUT2D eigenvalue weighted by Crippen LogP contribution is -2.41. The van der Waals surface area contributed by atoms with Crippen molar-refractivity contribution >= 4 is 5.91 Å². The third-order valence-electron chi connectivity index (χ3n) is 2.01. The zero-order valence-corrected chi connectivity index (χ0v) is 8.13. The lowest BCUT2D eigenvalue weighted by Gasteiger charge is -2.21. The molecule has 0 aromatic rings.